The van der Waals surface area contributed by atoms with Crippen LogP contribution < -0.4 is 4.31 Å². The number of benzene rings is 2. The first-order valence-electron chi connectivity index (χ1n) is 9.36. The van der Waals surface area contributed by atoms with Gasteiger partial charge >= 0.3 is 0 Å². The minimum Gasteiger partial charge on any atom is -0.385 e. The summed E-state index contributed by atoms with van der Waals surface area (Å²) in [5, 5.41) is 0. The molecule has 1 heterocycles. The van der Waals surface area contributed by atoms with E-state index in [-0.39, 0.29) is 11.4 Å². The first kappa shape index (κ1) is 21.0. The van der Waals surface area contributed by atoms with E-state index in [0.717, 1.165) is 24.0 Å². The van der Waals surface area contributed by atoms with Crippen molar-refractivity contribution in [2.45, 2.75) is 24.3 Å². The third-order valence-electron chi connectivity index (χ3n) is 4.57. The van der Waals surface area contributed by atoms with E-state index >= 15 is 0 Å². The van der Waals surface area contributed by atoms with E-state index in [4.69, 9.17) is 11.7 Å². The fourth-order valence-corrected chi connectivity index (χ4v) is 4.42. The Kier molecular flexibility index (Phi) is 7.01. The van der Waals surface area contributed by atoms with E-state index in [9.17, 15) is 8.42 Å². The Labute approximate surface area is 173 Å². The van der Waals surface area contributed by atoms with E-state index in [0.29, 0.717) is 17.9 Å². The lowest BCUT2D eigenvalue weighted by Gasteiger charge is -2.24. The molecule has 3 rings (SSSR count). The van der Waals surface area contributed by atoms with Gasteiger partial charge in [-0.25, -0.2) is 8.42 Å². The molecule has 0 saturated carbocycles. The molecule has 5 nitrogen and oxygen atoms in total. The van der Waals surface area contributed by atoms with E-state index in [2.05, 4.69) is 4.98 Å². The second kappa shape index (κ2) is 9.67. The molecule has 0 N–H and O–H groups in total. The number of rotatable bonds is 9. The first-order chi connectivity index (χ1) is 14.0. The zero-order valence-corrected chi connectivity index (χ0v) is 17.2. The molecule has 0 fully saturated rings. The quantitative estimate of drug-likeness (QED) is 0.500. The van der Waals surface area contributed by atoms with Crippen molar-refractivity contribution in [1.29, 1.82) is 0 Å². The lowest BCUT2D eigenvalue weighted by atomic mass is 10.1. The van der Waals surface area contributed by atoms with Crippen LogP contribution in [0.15, 0.2) is 78.0 Å². The number of hydrogen-bond donors (Lipinski definition) is 0. The number of aryl methyl sites for hydroxylation is 1. The molecule has 1 aromatic heterocycles. The molecule has 0 aliphatic heterocycles. The lowest BCUT2D eigenvalue weighted by molar-refractivity contribution is 0.195. The molecule has 0 amide bonds. The minimum absolute atomic E-state index is 0.184. The largest absolute Gasteiger partial charge is 0.385 e. The van der Waals surface area contributed by atoms with E-state index in [1.165, 1.54) is 4.31 Å². The van der Waals surface area contributed by atoms with Gasteiger partial charge in [0.05, 0.1) is 23.3 Å². The van der Waals surface area contributed by atoms with Crippen molar-refractivity contribution >= 4 is 15.7 Å². The van der Waals surface area contributed by atoms with Crippen LogP contribution in [0.25, 0.3) is 0 Å². The Balaban J connectivity index is 1.90. The van der Waals surface area contributed by atoms with Crippen LogP contribution in [0.5, 0.6) is 0 Å². The molecule has 150 valence electrons. The summed E-state index contributed by atoms with van der Waals surface area (Å²) in [7, 11) is -2.10. The summed E-state index contributed by atoms with van der Waals surface area (Å²) >= 11 is 0. The minimum atomic E-state index is -3.77. The SMILES string of the molecule is [CH]c1ccc(CN(c2cccnc2)S(=O)(=O)c2ccc(CCCOC)cc2)cc1. The molecule has 0 spiro atoms. The standard InChI is InChI=1S/C23H24N2O3S/c1-19-7-9-21(10-8-19)18-25(22-6-3-15-24-17-22)29(26,27)23-13-11-20(12-14-23)5-4-16-28-2/h1,3,6-15,17H,4-5,16,18H2,2H3. The highest BCUT2D eigenvalue weighted by Crippen LogP contribution is 2.26. The Morgan fingerprint density at radius 1 is 1.00 bits per heavy atom. The summed E-state index contributed by atoms with van der Waals surface area (Å²) in [6, 6.07) is 17.7. The smallest absolute Gasteiger partial charge is 0.264 e. The average Bonchev–Trinajstić information content (AvgIpc) is 2.74. The molecular weight excluding hydrogens is 384 g/mol. The van der Waals surface area contributed by atoms with Gasteiger partial charge < -0.3 is 4.74 Å². The maximum Gasteiger partial charge on any atom is 0.264 e. The average molecular weight is 409 g/mol. The number of ether oxygens (including phenoxy) is 1. The van der Waals surface area contributed by atoms with Crippen LogP contribution in [-0.2, 0) is 27.7 Å². The van der Waals surface area contributed by atoms with Gasteiger partial charge in [-0.05, 0) is 60.7 Å². The number of hydrogen-bond acceptors (Lipinski definition) is 4. The Morgan fingerprint density at radius 3 is 2.31 bits per heavy atom. The fourth-order valence-electron chi connectivity index (χ4n) is 2.98. The normalized spacial score (nSPS) is 11.4. The summed E-state index contributed by atoms with van der Waals surface area (Å²) in [5.41, 5.74) is 3.05. The highest BCUT2D eigenvalue weighted by atomic mass is 32.2. The van der Waals surface area contributed by atoms with E-state index < -0.39 is 10.0 Å². The number of pyridine rings is 1. The van der Waals surface area contributed by atoms with Gasteiger partial charge in [0, 0.05) is 19.9 Å². The first-order valence-corrected chi connectivity index (χ1v) is 10.8. The van der Waals surface area contributed by atoms with E-state index in [1.807, 2.05) is 24.3 Å². The van der Waals surface area contributed by atoms with Gasteiger partial charge in [0.1, 0.15) is 0 Å². The predicted octanol–water partition coefficient (Wildman–Crippen LogP) is 4.12. The van der Waals surface area contributed by atoms with Gasteiger partial charge in [-0.15, -0.1) is 0 Å². The van der Waals surface area contributed by atoms with Crippen molar-refractivity contribution in [3.8, 4) is 0 Å². The van der Waals surface area contributed by atoms with Crippen molar-refractivity contribution in [2.75, 3.05) is 18.0 Å². The van der Waals surface area contributed by atoms with Crippen LogP contribution in [0, 0.1) is 6.92 Å². The second-order valence-electron chi connectivity index (χ2n) is 6.70. The number of nitrogens with zero attached hydrogens (tertiary/aromatic N) is 2. The second-order valence-corrected chi connectivity index (χ2v) is 8.57. The molecule has 0 aliphatic carbocycles. The molecule has 0 bridgehead atoms. The van der Waals surface area contributed by atoms with Crippen molar-refractivity contribution in [3.05, 3.63) is 96.7 Å². The number of anilines is 1. The molecule has 29 heavy (non-hydrogen) atoms. The van der Waals surface area contributed by atoms with Gasteiger partial charge in [-0.3, -0.25) is 9.29 Å². The zero-order valence-electron chi connectivity index (χ0n) is 16.4. The topological polar surface area (TPSA) is 59.5 Å². The molecule has 2 radical (unpaired) electrons. The highest BCUT2D eigenvalue weighted by Gasteiger charge is 2.25. The van der Waals surface area contributed by atoms with E-state index in [1.54, 1.807) is 55.9 Å². The van der Waals surface area contributed by atoms with Crippen LogP contribution in [0.4, 0.5) is 5.69 Å². The number of sulfonamides is 1. The number of methoxy groups -OCH3 is 1. The van der Waals surface area contributed by atoms with Crippen LogP contribution in [0.1, 0.15) is 23.1 Å². The molecule has 0 saturated heterocycles. The summed E-state index contributed by atoms with van der Waals surface area (Å²) in [4.78, 5) is 4.33. The van der Waals surface area contributed by atoms with Crippen LogP contribution >= 0.6 is 0 Å². The summed E-state index contributed by atoms with van der Waals surface area (Å²) in [6.45, 7) is 6.61. The summed E-state index contributed by atoms with van der Waals surface area (Å²) in [5.74, 6) is 0. The van der Waals surface area contributed by atoms with Gasteiger partial charge in [0.2, 0.25) is 0 Å². The number of aromatic nitrogens is 1. The van der Waals surface area contributed by atoms with Crippen molar-refractivity contribution in [3.63, 3.8) is 0 Å². The van der Waals surface area contributed by atoms with Gasteiger partial charge in [0.25, 0.3) is 10.0 Å². The lowest BCUT2D eigenvalue weighted by Crippen LogP contribution is -2.30. The van der Waals surface area contributed by atoms with Gasteiger partial charge in [-0.2, -0.15) is 0 Å². The van der Waals surface area contributed by atoms with Gasteiger partial charge in [-0.1, -0.05) is 36.4 Å². The van der Waals surface area contributed by atoms with Crippen LogP contribution in [-0.4, -0.2) is 27.1 Å². The highest BCUT2D eigenvalue weighted by molar-refractivity contribution is 7.92. The summed E-state index contributed by atoms with van der Waals surface area (Å²) < 4.78 is 33.3. The van der Waals surface area contributed by atoms with Crippen molar-refractivity contribution < 1.29 is 13.2 Å². The van der Waals surface area contributed by atoms with Crippen LogP contribution in [0.3, 0.4) is 0 Å². The van der Waals surface area contributed by atoms with Crippen molar-refractivity contribution in [1.82, 2.24) is 4.98 Å². The van der Waals surface area contributed by atoms with Crippen molar-refractivity contribution in [2.24, 2.45) is 0 Å². The zero-order chi connectivity index (χ0) is 20.7. The predicted molar refractivity (Wildman–Crippen MR) is 114 cm³/mol. The molecule has 0 atom stereocenters. The summed E-state index contributed by atoms with van der Waals surface area (Å²) in [6.07, 6.45) is 4.90. The molecular formula is C23H24N2O3S. The molecule has 2 aromatic carbocycles. The third-order valence-corrected chi connectivity index (χ3v) is 6.35. The Hall–Kier alpha value is -2.70. The Bertz CT molecular complexity index is 1000. The molecule has 3 aromatic rings. The van der Waals surface area contributed by atoms with Crippen LogP contribution in [0.2, 0.25) is 0 Å². The third kappa shape index (κ3) is 5.43. The van der Waals surface area contributed by atoms with Gasteiger partial charge in [0.15, 0.2) is 0 Å². The Morgan fingerprint density at radius 2 is 1.69 bits per heavy atom. The molecule has 0 unspecified atom stereocenters. The molecule has 6 heteroatoms. The monoisotopic (exact) mass is 408 g/mol. The maximum absolute atomic E-state index is 13.4. The fraction of sp³-hybridized carbons (Fsp3) is 0.217. The maximum atomic E-state index is 13.4. The molecule has 0 aliphatic rings.